The molecule has 148 valence electrons. The second-order valence-corrected chi connectivity index (χ2v) is 7.08. The van der Waals surface area contributed by atoms with Crippen LogP contribution >= 0.6 is 11.8 Å². The number of thioether (sulfide) groups is 1. The molecule has 0 spiro atoms. The maximum Gasteiger partial charge on any atom is 0.313 e. The molecular weight excluding hydrogens is 394 g/mol. The SMILES string of the molecule is Cc1ccc(C)c(NC(=O)CSC2=NC(=N)C(=NC(=O)c3ccco3)C(=O)N2)c1. The topological polar surface area (TPSA) is 137 Å². The molecule has 0 unspecified atom stereocenters. The maximum atomic E-state index is 12.2. The molecule has 1 aliphatic rings. The Labute approximate surface area is 170 Å². The Morgan fingerprint density at radius 3 is 2.79 bits per heavy atom. The number of hydrogen-bond donors (Lipinski definition) is 3. The summed E-state index contributed by atoms with van der Waals surface area (Å²) < 4.78 is 4.91. The number of aryl methyl sites for hydroxylation is 2. The number of nitrogens with one attached hydrogen (secondary N) is 3. The molecule has 3 amide bonds. The van der Waals surface area contributed by atoms with Crippen molar-refractivity contribution in [2.75, 3.05) is 11.1 Å². The fourth-order valence-electron chi connectivity index (χ4n) is 2.37. The van der Waals surface area contributed by atoms with Crippen LogP contribution in [0, 0.1) is 19.3 Å². The van der Waals surface area contributed by atoms with E-state index < -0.39 is 23.4 Å². The molecule has 1 aromatic carbocycles. The highest BCUT2D eigenvalue weighted by Gasteiger charge is 2.26. The monoisotopic (exact) mass is 411 g/mol. The van der Waals surface area contributed by atoms with Crippen molar-refractivity contribution in [2.24, 2.45) is 9.98 Å². The molecule has 0 aliphatic carbocycles. The van der Waals surface area contributed by atoms with Gasteiger partial charge in [-0.25, -0.2) is 4.99 Å². The van der Waals surface area contributed by atoms with Gasteiger partial charge in [0.1, 0.15) is 0 Å². The number of carbonyl (C=O) groups is 3. The van der Waals surface area contributed by atoms with Crippen LogP contribution in [0.4, 0.5) is 5.69 Å². The highest BCUT2D eigenvalue weighted by molar-refractivity contribution is 8.14. The first-order valence-corrected chi connectivity index (χ1v) is 9.47. The van der Waals surface area contributed by atoms with Crippen molar-refractivity contribution < 1.29 is 18.8 Å². The van der Waals surface area contributed by atoms with Crippen LogP contribution in [-0.4, -0.2) is 40.2 Å². The average Bonchev–Trinajstić information content (AvgIpc) is 3.21. The van der Waals surface area contributed by atoms with Crippen LogP contribution in [0.3, 0.4) is 0 Å². The molecule has 0 atom stereocenters. The van der Waals surface area contributed by atoms with Crippen LogP contribution in [0.5, 0.6) is 0 Å². The molecule has 9 nitrogen and oxygen atoms in total. The van der Waals surface area contributed by atoms with Crippen molar-refractivity contribution >= 4 is 51.9 Å². The lowest BCUT2D eigenvalue weighted by Gasteiger charge is -2.15. The van der Waals surface area contributed by atoms with E-state index >= 15 is 0 Å². The number of benzene rings is 1. The second kappa shape index (κ2) is 8.65. The maximum absolute atomic E-state index is 12.2. The molecule has 10 heteroatoms. The standard InChI is InChI=1S/C19H17N5O4S/c1-10-5-6-11(2)12(8-10)21-14(25)9-29-19-23-16(20)15(18(27)24-19)22-17(26)13-4-3-7-28-13/h3-8H,9H2,1-2H3,(H,21,25)(H2,20,23,24,27). The molecule has 0 fully saturated rings. The van der Waals surface area contributed by atoms with Crippen LogP contribution in [0.1, 0.15) is 21.7 Å². The van der Waals surface area contributed by atoms with Crippen molar-refractivity contribution in [1.29, 1.82) is 5.41 Å². The van der Waals surface area contributed by atoms with Gasteiger partial charge in [-0.05, 0) is 43.2 Å². The Morgan fingerprint density at radius 2 is 2.10 bits per heavy atom. The molecule has 3 N–H and O–H groups in total. The molecule has 0 saturated carbocycles. The molecule has 0 radical (unpaired) electrons. The highest BCUT2D eigenvalue weighted by atomic mass is 32.2. The van der Waals surface area contributed by atoms with Gasteiger partial charge in [0, 0.05) is 5.69 Å². The number of amidine groups is 2. The third-order valence-corrected chi connectivity index (χ3v) is 4.70. The molecule has 0 bridgehead atoms. The highest BCUT2D eigenvalue weighted by Crippen LogP contribution is 2.17. The predicted molar refractivity (Wildman–Crippen MR) is 111 cm³/mol. The molecule has 1 aliphatic heterocycles. The van der Waals surface area contributed by atoms with Gasteiger partial charge in [0.05, 0.1) is 12.0 Å². The Morgan fingerprint density at radius 1 is 1.31 bits per heavy atom. The number of nitrogens with zero attached hydrogens (tertiary/aromatic N) is 2. The van der Waals surface area contributed by atoms with Gasteiger partial charge in [-0.3, -0.25) is 25.1 Å². The van der Waals surface area contributed by atoms with Gasteiger partial charge in [0.15, 0.2) is 22.5 Å². The van der Waals surface area contributed by atoms with E-state index in [9.17, 15) is 14.4 Å². The summed E-state index contributed by atoms with van der Waals surface area (Å²) in [5, 5.41) is 13.2. The van der Waals surface area contributed by atoms with Gasteiger partial charge in [0.2, 0.25) is 5.91 Å². The summed E-state index contributed by atoms with van der Waals surface area (Å²) in [4.78, 5) is 43.8. The number of anilines is 1. The Bertz CT molecular complexity index is 1060. The minimum atomic E-state index is -0.788. The zero-order chi connectivity index (χ0) is 21.0. The third-order valence-electron chi connectivity index (χ3n) is 3.83. The van der Waals surface area contributed by atoms with E-state index in [1.54, 1.807) is 0 Å². The van der Waals surface area contributed by atoms with E-state index in [0.717, 1.165) is 22.9 Å². The lowest BCUT2D eigenvalue weighted by Crippen LogP contribution is -2.43. The van der Waals surface area contributed by atoms with Crippen molar-refractivity contribution in [3.8, 4) is 0 Å². The lowest BCUT2D eigenvalue weighted by atomic mass is 10.1. The first kappa shape index (κ1) is 20.2. The zero-order valence-electron chi connectivity index (χ0n) is 15.6. The average molecular weight is 411 g/mol. The van der Waals surface area contributed by atoms with Crippen LogP contribution in [-0.2, 0) is 9.59 Å². The normalized spacial score (nSPS) is 15.1. The van der Waals surface area contributed by atoms with E-state index in [1.165, 1.54) is 18.4 Å². The Balaban J connectivity index is 1.62. The fourth-order valence-corrected chi connectivity index (χ4v) is 3.03. The molecule has 0 saturated heterocycles. The summed E-state index contributed by atoms with van der Waals surface area (Å²) in [6, 6.07) is 8.64. The van der Waals surface area contributed by atoms with E-state index in [-0.39, 0.29) is 22.6 Å². The molecule has 3 rings (SSSR count). The van der Waals surface area contributed by atoms with Crippen molar-refractivity contribution in [3.05, 3.63) is 53.5 Å². The summed E-state index contributed by atoms with van der Waals surface area (Å²) in [6.45, 7) is 3.82. The minimum Gasteiger partial charge on any atom is -0.459 e. The number of furan rings is 1. The van der Waals surface area contributed by atoms with Crippen molar-refractivity contribution in [1.82, 2.24) is 5.32 Å². The van der Waals surface area contributed by atoms with E-state index in [1.807, 2.05) is 32.0 Å². The van der Waals surface area contributed by atoms with E-state index in [0.29, 0.717) is 5.69 Å². The lowest BCUT2D eigenvalue weighted by molar-refractivity contribution is -0.114. The van der Waals surface area contributed by atoms with Gasteiger partial charge in [-0.1, -0.05) is 23.9 Å². The molecule has 1 aromatic heterocycles. The Kier molecular flexibility index (Phi) is 6.03. The zero-order valence-corrected chi connectivity index (χ0v) is 16.4. The summed E-state index contributed by atoms with van der Waals surface area (Å²) >= 11 is 0.968. The second-order valence-electron chi connectivity index (χ2n) is 6.12. The summed E-state index contributed by atoms with van der Waals surface area (Å²) in [7, 11) is 0. The van der Waals surface area contributed by atoms with Gasteiger partial charge >= 0.3 is 5.91 Å². The smallest absolute Gasteiger partial charge is 0.313 e. The molecule has 29 heavy (non-hydrogen) atoms. The first-order chi connectivity index (χ1) is 13.8. The Hall–Kier alpha value is -3.53. The quantitative estimate of drug-likeness (QED) is 0.709. The van der Waals surface area contributed by atoms with Crippen LogP contribution in [0.15, 0.2) is 51.0 Å². The van der Waals surface area contributed by atoms with Gasteiger partial charge in [-0.15, -0.1) is 0 Å². The van der Waals surface area contributed by atoms with Gasteiger partial charge < -0.3 is 9.73 Å². The summed E-state index contributed by atoms with van der Waals surface area (Å²) in [6.07, 6.45) is 1.30. The molecule has 2 heterocycles. The van der Waals surface area contributed by atoms with E-state index in [4.69, 9.17) is 9.83 Å². The minimum absolute atomic E-state index is 0.0163. The third kappa shape index (κ3) is 5.05. The van der Waals surface area contributed by atoms with Crippen molar-refractivity contribution in [2.45, 2.75) is 13.8 Å². The number of carbonyl (C=O) groups excluding carboxylic acids is 3. The van der Waals surface area contributed by atoms with Crippen LogP contribution in [0.25, 0.3) is 0 Å². The van der Waals surface area contributed by atoms with Crippen molar-refractivity contribution in [3.63, 3.8) is 0 Å². The molecular formula is C19H17N5O4S. The summed E-state index contributed by atoms with van der Waals surface area (Å²) in [5.74, 6) is -2.35. The largest absolute Gasteiger partial charge is 0.459 e. The van der Waals surface area contributed by atoms with Gasteiger partial charge in [-0.2, -0.15) is 4.99 Å². The van der Waals surface area contributed by atoms with Gasteiger partial charge in [0.25, 0.3) is 5.91 Å². The number of rotatable bonds is 4. The van der Waals surface area contributed by atoms with Crippen LogP contribution < -0.4 is 10.6 Å². The van der Waals surface area contributed by atoms with E-state index in [2.05, 4.69) is 20.6 Å². The summed E-state index contributed by atoms with van der Waals surface area (Å²) in [5.41, 5.74) is 2.24. The number of amides is 3. The number of aliphatic imine (C=N–C) groups is 2. The van der Waals surface area contributed by atoms with Crippen LogP contribution in [0.2, 0.25) is 0 Å². The first-order valence-electron chi connectivity index (χ1n) is 8.49. The molecule has 2 aromatic rings. The predicted octanol–water partition coefficient (Wildman–Crippen LogP) is 2.31. The fraction of sp³-hybridized carbons (Fsp3) is 0.158. The number of hydrogen-bond acceptors (Lipinski definition) is 6.